The van der Waals surface area contributed by atoms with Gasteiger partial charge in [0.25, 0.3) is 0 Å². The number of hydrogen-bond donors (Lipinski definition) is 1. The summed E-state index contributed by atoms with van der Waals surface area (Å²) in [5.74, 6) is 0.354. The van der Waals surface area contributed by atoms with Crippen LogP contribution >= 0.6 is 0 Å². The molecule has 36 heavy (non-hydrogen) atoms. The number of nitrogens with one attached hydrogen (secondary N) is 1. The molecule has 2 aliphatic heterocycles. The highest BCUT2D eigenvalue weighted by atomic mass is 32.2. The Bertz CT molecular complexity index is 1390. The van der Waals surface area contributed by atoms with E-state index in [0.717, 1.165) is 42.7 Å². The highest BCUT2D eigenvalue weighted by Gasteiger charge is 2.30. The van der Waals surface area contributed by atoms with E-state index in [0.29, 0.717) is 17.3 Å². The molecule has 1 fully saturated rings. The molecule has 0 radical (unpaired) electrons. The lowest BCUT2D eigenvalue weighted by Crippen LogP contribution is -2.44. The predicted molar refractivity (Wildman–Crippen MR) is 140 cm³/mol. The Hall–Kier alpha value is -3.34. The molecule has 3 heterocycles. The van der Waals surface area contributed by atoms with Gasteiger partial charge >= 0.3 is 0 Å². The molecule has 1 saturated heterocycles. The third-order valence-electron chi connectivity index (χ3n) is 7.09. The zero-order valence-electron chi connectivity index (χ0n) is 20.7. The van der Waals surface area contributed by atoms with Crippen LogP contribution in [0.25, 0.3) is 11.3 Å². The first-order valence-electron chi connectivity index (χ1n) is 12.0. The standard InChI is InChI=1S/C26H30N6O3S/c1-30-14-12-20(13-15-30)32(3)36(34,35)21-10-8-19(9-11-21)28-26-27-17-18-16-24(33)31(2)23-7-5-4-6-22(23)25(18)29-26/h4-11,17,20H,12-16H2,1-3H3,(H,27,28,29). The SMILES string of the molecule is CN1CCC(N(C)S(=O)(=O)c2ccc(Nc3ncc4c(n3)-c3ccccc3N(C)C(=O)C4)cc2)CC1. The van der Waals surface area contributed by atoms with Crippen molar-refractivity contribution < 1.29 is 13.2 Å². The van der Waals surface area contributed by atoms with Crippen molar-refractivity contribution in [3.05, 3.63) is 60.3 Å². The summed E-state index contributed by atoms with van der Waals surface area (Å²) in [5.41, 5.74) is 3.81. The number of aromatic nitrogens is 2. The summed E-state index contributed by atoms with van der Waals surface area (Å²) >= 11 is 0. The van der Waals surface area contributed by atoms with E-state index in [2.05, 4.69) is 22.2 Å². The van der Waals surface area contributed by atoms with Crippen LogP contribution in [0.3, 0.4) is 0 Å². The fourth-order valence-electron chi connectivity index (χ4n) is 4.77. The Labute approximate surface area is 211 Å². The highest BCUT2D eigenvalue weighted by Crippen LogP contribution is 2.35. The quantitative estimate of drug-likeness (QED) is 0.568. The molecule has 5 rings (SSSR count). The molecule has 1 aromatic heterocycles. The molecule has 2 aromatic carbocycles. The molecule has 0 aliphatic carbocycles. The number of nitrogens with zero attached hydrogens (tertiary/aromatic N) is 5. The van der Waals surface area contributed by atoms with Crippen molar-refractivity contribution in [2.75, 3.05) is 44.4 Å². The highest BCUT2D eigenvalue weighted by molar-refractivity contribution is 7.89. The van der Waals surface area contributed by atoms with Gasteiger partial charge < -0.3 is 15.1 Å². The number of rotatable bonds is 5. The van der Waals surface area contributed by atoms with Crippen molar-refractivity contribution in [3.63, 3.8) is 0 Å². The molecular formula is C26H30N6O3S. The molecule has 0 atom stereocenters. The first-order chi connectivity index (χ1) is 17.2. The fraction of sp³-hybridized carbons (Fsp3) is 0.346. The Balaban J connectivity index is 1.37. The lowest BCUT2D eigenvalue weighted by atomic mass is 10.1. The van der Waals surface area contributed by atoms with Gasteiger partial charge in [0.1, 0.15) is 0 Å². The van der Waals surface area contributed by atoms with Gasteiger partial charge in [0.05, 0.1) is 22.7 Å². The van der Waals surface area contributed by atoms with Gasteiger partial charge in [0.15, 0.2) is 0 Å². The van der Waals surface area contributed by atoms with Crippen molar-refractivity contribution in [2.24, 2.45) is 0 Å². The monoisotopic (exact) mass is 506 g/mol. The maximum Gasteiger partial charge on any atom is 0.243 e. The Morgan fingerprint density at radius 2 is 1.72 bits per heavy atom. The van der Waals surface area contributed by atoms with Crippen molar-refractivity contribution in [1.29, 1.82) is 0 Å². The Morgan fingerprint density at radius 1 is 1.03 bits per heavy atom. The van der Waals surface area contributed by atoms with E-state index < -0.39 is 10.0 Å². The second kappa shape index (κ2) is 9.61. The number of carbonyl (C=O) groups excluding carboxylic acids is 1. The average Bonchev–Trinajstić information content (AvgIpc) is 2.99. The molecule has 0 bridgehead atoms. The van der Waals surface area contributed by atoms with Gasteiger partial charge in [-0.25, -0.2) is 18.4 Å². The zero-order chi connectivity index (χ0) is 25.4. The van der Waals surface area contributed by atoms with E-state index >= 15 is 0 Å². The van der Waals surface area contributed by atoms with E-state index in [1.54, 1.807) is 49.5 Å². The predicted octanol–water partition coefficient (Wildman–Crippen LogP) is 3.12. The summed E-state index contributed by atoms with van der Waals surface area (Å²) in [6.45, 7) is 1.78. The number of fused-ring (bicyclic) bond motifs is 3. The molecular weight excluding hydrogens is 476 g/mol. The Morgan fingerprint density at radius 3 is 2.44 bits per heavy atom. The zero-order valence-corrected chi connectivity index (χ0v) is 21.5. The number of amides is 1. The van der Waals surface area contributed by atoms with Crippen LogP contribution < -0.4 is 10.2 Å². The summed E-state index contributed by atoms with van der Waals surface area (Å²) in [4.78, 5) is 25.8. The molecule has 9 nitrogen and oxygen atoms in total. The number of likely N-dealkylation sites (tertiary alicyclic amines) is 1. The molecule has 1 amide bonds. The molecule has 0 saturated carbocycles. The van der Waals surface area contributed by atoms with Gasteiger partial charge in [-0.05, 0) is 63.3 Å². The summed E-state index contributed by atoms with van der Waals surface area (Å²) < 4.78 is 27.9. The number of piperidine rings is 1. The van der Waals surface area contributed by atoms with Gasteiger partial charge in [-0.1, -0.05) is 18.2 Å². The largest absolute Gasteiger partial charge is 0.324 e. The third kappa shape index (κ3) is 4.59. The van der Waals surface area contributed by atoms with Crippen LogP contribution in [0, 0.1) is 0 Å². The van der Waals surface area contributed by atoms with Crippen LogP contribution in [0.4, 0.5) is 17.3 Å². The number of sulfonamides is 1. The first-order valence-corrected chi connectivity index (χ1v) is 13.4. The van der Waals surface area contributed by atoms with E-state index in [-0.39, 0.29) is 23.3 Å². The summed E-state index contributed by atoms with van der Waals surface area (Å²) in [7, 11) is 1.90. The maximum absolute atomic E-state index is 13.2. The number of carbonyl (C=O) groups is 1. The van der Waals surface area contributed by atoms with Crippen LogP contribution in [-0.4, -0.2) is 73.8 Å². The number of para-hydroxylation sites is 1. The van der Waals surface area contributed by atoms with E-state index in [1.807, 2.05) is 24.3 Å². The van der Waals surface area contributed by atoms with Crippen molar-refractivity contribution in [3.8, 4) is 11.3 Å². The topological polar surface area (TPSA) is 98.7 Å². The van der Waals surface area contributed by atoms with Gasteiger partial charge in [-0.3, -0.25) is 4.79 Å². The van der Waals surface area contributed by atoms with Crippen LogP contribution in [0.2, 0.25) is 0 Å². The minimum atomic E-state index is -3.59. The molecule has 188 valence electrons. The summed E-state index contributed by atoms with van der Waals surface area (Å²) in [5, 5.41) is 3.17. The third-order valence-corrected chi connectivity index (χ3v) is 9.01. The molecule has 0 unspecified atom stereocenters. The van der Waals surface area contributed by atoms with Crippen molar-refractivity contribution in [2.45, 2.75) is 30.2 Å². The molecule has 2 aliphatic rings. The molecule has 1 N–H and O–H groups in total. The van der Waals surface area contributed by atoms with Gasteiger partial charge in [-0.2, -0.15) is 4.31 Å². The molecule has 10 heteroatoms. The van der Waals surface area contributed by atoms with Crippen LogP contribution in [-0.2, 0) is 21.2 Å². The lowest BCUT2D eigenvalue weighted by molar-refractivity contribution is -0.117. The second-order valence-electron chi connectivity index (χ2n) is 9.42. The van der Waals surface area contributed by atoms with E-state index in [1.165, 1.54) is 4.31 Å². The smallest absolute Gasteiger partial charge is 0.243 e. The minimum Gasteiger partial charge on any atom is -0.324 e. The van der Waals surface area contributed by atoms with Crippen LogP contribution in [0.5, 0.6) is 0 Å². The number of hydrogen-bond acceptors (Lipinski definition) is 7. The Kier molecular flexibility index (Phi) is 6.50. The summed E-state index contributed by atoms with van der Waals surface area (Å²) in [6.07, 6.45) is 3.55. The number of likely N-dealkylation sites (N-methyl/N-ethyl adjacent to an activating group) is 1. The normalized spacial score (nSPS) is 17.0. The van der Waals surface area contributed by atoms with Crippen LogP contribution in [0.1, 0.15) is 18.4 Å². The van der Waals surface area contributed by atoms with Crippen molar-refractivity contribution in [1.82, 2.24) is 19.2 Å². The second-order valence-corrected chi connectivity index (χ2v) is 11.4. The molecule has 0 spiro atoms. The average molecular weight is 507 g/mol. The lowest BCUT2D eigenvalue weighted by Gasteiger charge is -2.34. The van der Waals surface area contributed by atoms with E-state index in [4.69, 9.17) is 4.98 Å². The van der Waals surface area contributed by atoms with E-state index in [9.17, 15) is 13.2 Å². The van der Waals surface area contributed by atoms with Gasteiger partial charge in [-0.15, -0.1) is 0 Å². The van der Waals surface area contributed by atoms with Gasteiger partial charge in [0, 0.05) is 43.1 Å². The number of benzene rings is 2. The van der Waals surface area contributed by atoms with Crippen LogP contribution in [0.15, 0.2) is 59.6 Å². The van der Waals surface area contributed by atoms with Crippen molar-refractivity contribution >= 4 is 33.3 Å². The maximum atomic E-state index is 13.2. The molecule has 3 aromatic rings. The number of anilines is 3. The van der Waals surface area contributed by atoms with Gasteiger partial charge in [0.2, 0.25) is 21.9 Å². The minimum absolute atomic E-state index is 0.00535. The fourth-order valence-corrected chi connectivity index (χ4v) is 6.19. The summed E-state index contributed by atoms with van der Waals surface area (Å²) in [6, 6.07) is 14.3. The first kappa shape index (κ1) is 24.4.